The molecule has 1 N–H and O–H groups in total. The number of halogens is 1. The van der Waals surface area contributed by atoms with Gasteiger partial charge in [-0.1, -0.05) is 6.07 Å². The number of rotatable bonds is 4. The quantitative estimate of drug-likeness (QED) is 0.856. The van der Waals surface area contributed by atoms with Crippen molar-refractivity contribution >= 4 is 17.7 Å². The van der Waals surface area contributed by atoms with E-state index in [-0.39, 0.29) is 17.9 Å². The van der Waals surface area contributed by atoms with Crippen LogP contribution in [-0.2, 0) is 14.3 Å². The molecule has 0 unspecified atom stereocenters. The number of amides is 1. The van der Waals surface area contributed by atoms with E-state index in [9.17, 15) is 18.8 Å². The van der Waals surface area contributed by atoms with Gasteiger partial charge in [0.05, 0.1) is 0 Å². The minimum absolute atomic E-state index is 0.0777. The van der Waals surface area contributed by atoms with Gasteiger partial charge in [-0.25, -0.2) is 4.39 Å². The second-order valence-corrected chi connectivity index (χ2v) is 4.88. The average molecular weight is 293 g/mol. The van der Waals surface area contributed by atoms with Gasteiger partial charge in [0.2, 0.25) is 0 Å². The average Bonchev–Trinajstić information content (AvgIpc) is 2.47. The van der Waals surface area contributed by atoms with Crippen molar-refractivity contribution in [2.75, 3.05) is 6.54 Å². The molecule has 0 bridgehead atoms. The number of ketones is 1. The van der Waals surface area contributed by atoms with Crippen LogP contribution in [0.15, 0.2) is 24.3 Å². The predicted octanol–water partition coefficient (Wildman–Crippen LogP) is 1.61. The van der Waals surface area contributed by atoms with Gasteiger partial charge in [-0.2, -0.15) is 0 Å². The predicted molar refractivity (Wildman–Crippen MR) is 72.1 cm³/mol. The second kappa shape index (κ2) is 6.97. The molecule has 1 aromatic carbocycles. The number of Topliss-reactive ketones (excluding diaryl/α,β-unsaturated/α-hetero) is 1. The lowest BCUT2D eigenvalue weighted by Gasteiger charge is -2.20. The van der Waals surface area contributed by atoms with Crippen LogP contribution in [0.3, 0.4) is 0 Å². The Hall–Kier alpha value is -2.24. The molecule has 1 aromatic rings. The zero-order valence-electron chi connectivity index (χ0n) is 11.4. The smallest absolute Gasteiger partial charge is 0.326 e. The maximum atomic E-state index is 13.0. The first-order valence-electron chi connectivity index (χ1n) is 6.82. The molecule has 0 aliphatic heterocycles. The Morgan fingerprint density at radius 3 is 2.86 bits per heavy atom. The second-order valence-electron chi connectivity index (χ2n) is 4.88. The highest BCUT2D eigenvalue weighted by Crippen LogP contribution is 2.17. The summed E-state index contributed by atoms with van der Waals surface area (Å²) in [6.07, 6.45) is 1.93. The van der Waals surface area contributed by atoms with Gasteiger partial charge in [0.1, 0.15) is 12.4 Å². The molecule has 1 atom stereocenters. The van der Waals surface area contributed by atoms with E-state index in [0.717, 1.165) is 18.9 Å². The Balaban J connectivity index is 1.81. The third-order valence-electron chi connectivity index (χ3n) is 3.25. The summed E-state index contributed by atoms with van der Waals surface area (Å²) < 4.78 is 18.0. The molecule has 1 amide bonds. The first-order chi connectivity index (χ1) is 10.1. The molecule has 1 aliphatic carbocycles. The summed E-state index contributed by atoms with van der Waals surface area (Å²) in [6.45, 7) is -0.348. The molecular formula is C15H16FNO4. The molecule has 1 saturated carbocycles. The molecular weight excluding hydrogens is 277 g/mol. The largest absolute Gasteiger partial charge is 0.453 e. The number of nitrogens with one attached hydrogen (secondary N) is 1. The number of carbonyl (C=O) groups excluding carboxylic acids is 3. The SMILES string of the molecule is O=C(CNC(=O)c1cccc(F)c1)O[C@@H]1CCCCC1=O. The third kappa shape index (κ3) is 4.37. The van der Waals surface area contributed by atoms with E-state index in [0.29, 0.717) is 12.8 Å². The van der Waals surface area contributed by atoms with Gasteiger partial charge in [-0.3, -0.25) is 14.4 Å². The number of benzene rings is 1. The number of hydrogen-bond acceptors (Lipinski definition) is 4. The number of hydrogen-bond donors (Lipinski definition) is 1. The highest BCUT2D eigenvalue weighted by Gasteiger charge is 2.25. The molecule has 0 heterocycles. The van der Waals surface area contributed by atoms with E-state index < -0.39 is 23.8 Å². The van der Waals surface area contributed by atoms with E-state index in [2.05, 4.69) is 5.32 Å². The molecule has 112 valence electrons. The van der Waals surface area contributed by atoms with Gasteiger partial charge in [-0.05, 0) is 37.5 Å². The summed E-state index contributed by atoms with van der Waals surface area (Å²) in [5.74, 6) is -1.84. The number of esters is 1. The van der Waals surface area contributed by atoms with Crippen molar-refractivity contribution in [3.05, 3.63) is 35.6 Å². The molecule has 0 radical (unpaired) electrons. The maximum absolute atomic E-state index is 13.0. The third-order valence-corrected chi connectivity index (χ3v) is 3.25. The van der Waals surface area contributed by atoms with Crippen LogP contribution in [0.5, 0.6) is 0 Å². The molecule has 0 aromatic heterocycles. The summed E-state index contributed by atoms with van der Waals surface area (Å²) >= 11 is 0. The Morgan fingerprint density at radius 1 is 1.33 bits per heavy atom. The van der Waals surface area contributed by atoms with Gasteiger partial charge >= 0.3 is 5.97 Å². The summed E-state index contributed by atoms with van der Waals surface area (Å²) in [6, 6.07) is 5.14. The Labute approximate surface area is 121 Å². The lowest BCUT2D eigenvalue weighted by molar-refractivity contribution is -0.155. The lowest BCUT2D eigenvalue weighted by atomic mass is 9.96. The minimum Gasteiger partial charge on any atom is -0.453 e. The molecule has 1 aliphatic rings. The van der Waals surface area contributed by atoms with Crippen LogP contribution >= 0.6 is 0 Å². The molecule has 6 heteroatoms. The van der Waals surface area contributed by atoms with Crippen LogP contribution in [0.25, 0.3) is 0 Å². The monoisotopic (exact) mass is 293 g/mol. The van der Waals surface area contributed by atoms with Crippen molar-refractivity contribution in [1.29, 1.82) is 0 Å². The fourth-order valence-corrected chi connectivity index (χ4v) is 2.16. The Bertz CT molecular complexity index is 558. The van der Waals surface area contributed by atoms with E-state index in [1.807, 2.05) is 0 Å². The molecule has 0 spiro atoms. The Kier molecular flexibility index (Phi) is 5.03. The number of ether oxygens (including phenoxy) is 1. The first kappa shape index (κ1) is 15.2. The van der Waals surface area contributed by atoms with Crippen molar-refractivity contribution in [1.82, 2.24) is 5.32 Å². The van der Waals surface area contributed by atoms with E-state index in [1.165, 1.54) is 18.2 Å². The van der Waals surface area contributed by atoms with Crippen molar-refractivity contribution in [2.45, 2.75) is 31.8 Å². The molecule has 21 heavy (non-hydrogen) atoms. The summed E-state index contributed by atoms with van der Waals surface area (Å²) in [4.78, 5) is 34.8. The molecule has 1 fully saturated rings. The lowest BCUT2D eigenvalue weighted by Crippen LogP contribution is -2.36. The zero-order valence-corrected chi connectivity index (χ0v) is 11.4. The standard InChI is InChI=1S/C15H16FNO4/c16-11-5-3-4-10(8-11)15(20)17-9-14(19)21-13-7-2-1-6-12(13)18/h3-5,8,13H,1-2,6-7,9H2,(H,17,20)/t13-/m1/s1. The van der Waals surface area contributed by atoms with Crippen molar-refractivity contribution in [3.63, 3.8) is 0 Å². The fraction of sp³-hybridized carbons (Fsp3) is 0.400. The molecule has 5 nitrogen and oxygen atoms in total. The normalized spacial score (nSPS) is 18.1. The van der Waals surface area contributed by atoms with E-state index >= 15 is 0 Å². The fourth-order valence-electron chi connectivity index (χ4n) is 2.16. The van der Waals surface area contributed by atoms with Crippen LogP contribution in [0.2, 0.25) is 0 Å². The molecule has 2 rings (SSSR count). The van der Waals surface area contributed by atoms with Gasteiger partial charge in [0.25, 0.3) is 5.91 Å². The van der Waals surface area contributed by atoms with Crippen molar-refractivity contribution in [2.24, 2.45) is 0 Å². The van der Waals surface area contributed by atoms with Crippen molar-refractivity contribution < 1.29 is 23.5 Å². The summed E-state index contributed by atoms with van der Waals surface area (Å²) in [5, 5.41) is 2.34. The molecule has 0 saturated heterocycles. The van der Waals surface area contributed by atoms with Gasteiger partial charge in [0, 0.05) is 12.0 Å². The van der Waals surface area contributed by atoms with Crippen LogP contribution in [0.1, 0.15) is 36.0 Å². The van der Waals surface area contributed by atoms with E-state index in [4.69, 9.17) is 4.74 Å². The minimum atomic E-state index is -0.697. The number of carbonyl (C=O) groups is 3. The first-order valence-corrected chi connectivity index (χ1v) is 6.82. The van der Waals surface area contributed by atoms with Crippen LogP contribution in [-0.4, -0.2) is 30.3 Å². The highest BCUT2D eigenvalue weighted by molar-refractivity contribution is 5.96. The van der Waals surface area contributed by atoms with E-state index in [1.54, 1.807) is 0 Å². The summed E-state index contributed by atoms with van der Waals surface area (Å²) in [5.41, 5.74) is 0.122. The summed E-state index contributed by atoms with van der Waals surface area (Å²) in [7, 11) is 0. The van der Waals surface area contributed by atoms with Gasteiger partial charge in [-0.15, -0.1) is 0 Å². The van der Waals surface area contributed by atoms with Gasteiger partial charge < -0.3 is 10.1 Å². The van der Waals surface area contributed by atoms with Crippen LogP contribution in [0, 0.1) is 5.82 Å². The van der Waals surface area contributed by atoms with Gasteiger partial charge in [0.15, 0.2) is 11.9 Å². The van der Waals surface area contributed by atoms with Crippen molar-refractivity contribution in [3.8, 4) is 0 Å². The Morgan fingerprint density at radius 2 is 2.14 bits per heavy atom. The highest BCUT2D eigenvalue weighted by atomic mass is 19.1. The maximum Gasteiger partial charge on any atom is 0.326 e. The van der Waals surface area contributed by atoms with Crippen LogP contribution in [0.4, 0.5) is 4.39 Å². The van der Waals surface area contributed by atoms with Crippen LogP contribution < -0.4 is 5.32 Å². The topological polar surface area (TPSA) is 72.5 Å². The zero-order chi connectivity index (χ0) is 15.2.